The molecule has 8 heteroatoms. The molecule has 8 nitrogen and oxygen atoms in total. The van der Waals surface area contributed by atoms with E-state index in [9.17, 15) is 9.59 Å². The van der Waals surface area contributed by atoms with Gasteiger partial charge in [0.15, 0.2) is 0 Å². The first-order valence-electron chi connectivity index (χ1n) is 6.54. The number of nitrogens with zero attached hydrogens (tertiary/aromatic N) is 2. The van der Waals surface area contributed by atoms with E-state index in [1.807, 2.05) is 6.92 Å². The maximum atomic E-state index is 11.8. The Labute approximate surface area is 116 Å². The van der Waals surface area contributed by atoms with Crippen molar-refractivity contribution in [3.63, 3.8) is 0 Å². The van der Waals surface area contributed by atoms with Crippen LogP contribution in [0.4, 0.5) is 10.5 Å². The summed E-state index contributed by atoms with van der Waals surface area (Å²) in [6.45, 7) is 2.64. The molecule has 0 radical (unpaired) electrons. The molecule has 1 fully saturated rings. The molecule has 3 amide bonds. The summed E-state index contributed by atoms with van der Waals surface area (Å²) in [4.78, 5) is 22.5. The topological polar surface area (TPSA) is 111 Å². The molecule has 1 aromatic heterocycles. The average molecular weight is 281 g/mol. The highest BCUT2D eigenvalue weighted by molar-refractivity contribution is 5.89. The van der Waals surface area contributed by atoms with Crippen LogP contribution in [-0.2, 0) is 16.1 Å². The summed E-state index contributed by atoms with van der Waals surface area (Å²) < 4.78 is 6.87. The second-order valence-corrected chi connectivity index (χ2v) is 4.83. The quantitative estimate of drug-likeness (QED) is 0.708. The van der Waals surface area contributed by atoms with Gasteiger partial charge in [0.2, 0.25) is 5.91 Å². The molecule has 2 rings (SSSR count). The molecule has 1 aromatic rings. The van der Waals surface area contributed by atoms with Gasteiger partial charge in [-0.15, -0.1) is 0 Å². The van der Waals surface area contributed by atoms with E-state index in [1.165, 1.54) is 10.9 Å². The van der Waals surface area contributed by atoms with Crippen molar-refractivity contribution in [3.8, 4) is 0 Å². The molecule has 0 spiro atoms. The first kappa shape index (κ1) is 14.3. The molecule has 110 valence electrons. The summed E-state index contributed by atoms with van der Waals surface area (Å²) in [7, 11) is 0. The number of aromatic nitrogens is 2. The molecule has 0 bridgehead atoms. The van der Waals surface area contributed by atoms with Gasteiger partial charge in [0, 0.05) is 12.8 Å². The van der Waals surface area contributed by atoms with E-state index in [2.05, 4.69) is 15.7 Å². The lowest BCUT2D eigenvalue weighted by Gasteiger charge is -2.19. The van der Waals surface area contributed by atoms with Crippen LogP contribution in [0.3, 0.4) is 0 Å². The fourth-order valence-corrected chi connectivity index (χ4v) is 2.14. The van der Waals surface area contributed by atoms with E-state index >= 15 is 0 Å². The summed E-state index contributed by atoms with van der Waals surface area (Å²) >= 11 is 0. The number of carbonyl (C=O) groups is 2. The largest absolute Gasteiger partial charge is 0.376 e. The zero-order valence-electron chi connectivity index (χ0n) is 11.3. The van der Waals surface area contributed by atoms with Gasteiger partial charge in [-0.3, -0.25) is 9.48 Å². The van der Waals surface area contributed by atoms with Gasteiger partial charge in [0.1, 0.15) is 6.54 Å². The molecule has 2 heterocycles. The molecule has 0 unspecified atom stereocenters. The zero-order chi connectivity index (χ0) is 14.5. The number of hydrogen-bond acceptors (Lipinski definition) is 4. The fourth-order valence-electron chi connectivity index (χ4n) is 2.14. The van der Waals surface area contributed by atoms with Gasteiger partial charge in [0.25, 0.3) is 0 Å². The highest BCUT2D eigenvalue weighted by Crippen LogP contribution is 2.15. The Morgan fingerprint density at radius 2 is 2.45 bits per heavy atom. The molecule has 0 saturated carbocycles. The van der Waals surface area contributed by atoms with Crippen LogP contribution in [0.25, 0.3) is 0 Å². The third kappa shape index (κ3) is 3.95. The lowest BCUT2D eigenvalue weighted by atomic mass is 10.1. The van der Waals surface area contributed by atoms with Gasteiger partial charge in [-0.2, -0.15) is 5.10 Å². The lowest BCUT2D eigenvalue weighted by molar-refractivity contribution is -0.118. The van der Waals surface area contributed by atoms with Crippen molar-refractivity contribution in [2.24, 2.45) is 5.73 Å². The van der Waals surface area contributed by atoms with E-state index in [0.29, 0.717) is 5.69 Å². The minimum atomic E-state index is -0.490. The van der Waals surface area contributed by atoms with E-state index in [4.69, 9.17) is 10.5 Å². The van der Waals surface area contributed by atoms with Crippen LogP contribution in [0, 0.1) is 0 Å². The number of nitrogens with one attached hydrogen (secondary N) is 2. The SMILES string of the molecule is C[C@@H](NC(=O)Nc1cnn(CC(N)=O)c1)[C@H]1CCCO1. The highest BCUT2D eigenvalue weighted by Gasteiger charge is 2.23. The monoisotopic (exact) mass is 281 g/mol. The first-order valence-corrected chi connectivity index (χ1v) is 6.54. The molecule has 20 heavy (non-hydrogen) atoms. The number of rotatable bonds is 5. The molecular formula is C12H19N5O3. The predicted molar refractivity (Wildman–Crippen MR) is 72.0 cm³/mol. The number of hydrogen-bond donors (Lipinski definition) is 3. The van der Waals surface area contributed by atoms with Gasteiger partial charge in [0.05, 0.1) is 24.0 Å². The minimum Gasteiger partial charge on any atom is -0.376 e. The number of primary amides is 1. The zero-order valence-corrected chi connectivity index (χ0v) is 11.3. The molecular weight excluding hydrogens is 262 g/mol. The number of urea groups is 1. The summed E-state index contributed by atoms with van der Waals surface area (Å²) in [6, 6.07) is -0.384. The Bertz CT molecular complexity index is 481. The second kappa shape index (κ2) is 6.38. The molecule has 0 aromatic carbocycles. The summed E-state index contributed by atoms with van der Waals surface area (Å²) in [5.41, 5.74) is 5.56. The number of nitrogens with two attached hydrogens (primary N) is 1. The van der Waals surface area contributed by atoms with Gasteiger partial charge >= 0.3 is 6.03 Å². The van der Waals surface area contributed by atoms with E-state index in [0.717, 1.165) is 19.4 Å². The number of amides is 3. The summed E-state index contributed by atoms with van der Waals surface area (Å²) in [6.07, 6.45) is 5.05. The summed E-state index contributed by atoms with van der Waals surface area (Å²) in [5.74, 6) is -0.490. The van der Waals surface area contributed by atoms with Crippen molar-refractivity contribution in [1.29, 1.82) is 0 Å². The smallest absolute Gasteiger partial charge is 0.319 e. The maximum absolute atomic E-state index is 11.8. The van der Waals surface area contributed by atoms with Crippen LogP contribution in [0.5, 0.6) is 0 Å². The number of ether oxygens (including phenoxy) is 1. The second-order valence-electron chi connectivity index (χ2n) is 4.83. The Kier molecular flexibility index (Phi) is 4.57. The molecule has 1 saturated heterocycles. The minimum absolute atomic E-state index is 0.0182. The van der Waals surface area contributed by atoms with Crippen LogP contribution < -0.4 is 16.4 Å². The van der Waals surface area contributed by atoms with Gasteiger partial charge < -0.3 is 21.1 Å². The molecule has 2 atom stereocenters. The van der Waals surface area contributed by atoms with Crippen molar-refractivity contribution in [3.05, 3.63) is 12.4 Å². The fraction of sp³-hybridized carbons (Fsp3) is 0.583. The van der Waals surface area contributed by atoms with Crippen LogP contribution in [-0.4, -0.2) is 40.5 Å². The van der Waals surface area contributed by atoms with E-state index in [1.54, 1.807) is 6.20 Å². The normalized spacial score (nSPS) is 19.6. The Balaban J connectivity index is 1.81. The lowest BCUT2D eigenvalue weighted by Crippen LogP contribution is -2.42. The van der Waals surface area contributed by atoms with E-state index in [-0.39, 0.29) is 24.7 Å². The summed E-state index contributed by atoms with van der Waals surface area (Å²) in [5, 5.41) is 9.38. The van der Waals surface area contributed by atoms with Gasteiger partial charge in [-0.25, -0.2) is 4.79 Å². The maximum Gasteiger partial charge on any atom is 0.319 e. The third-order valence-corrected chi connectivity index (χ3v) is 3.09. The van der Waals surface area contributed by atoms with Crippen LogP contribution in [0.1, 0.15) is 19.8 Å². The van der Waals surface area contributed by atoms with Crippen molar-refractivity contribution in [1.82, 2.24) is 15.1 Å². The molecule has 0 aliphatic carbocycles. The third-order valence-electron chi connectivity index (χ3n) is 3.09. The standard InChI is InChI=1S/C12H19N5O3/c1-8(10-3-2-4-20-10)15-12(19)16-9-5-14-17(6-9)7-11(13)18/h5-6,8,10H,2-4,7H2,1H3,(H2,13,18)(H2,15,16,19)/t8-,10-/m1/s1. The van der Waals surface area contributed by atoms with Crippen LogP contribution in [0.2, 0.25) is 0 Å². The number of anilines is 1. The molecule has 4 N–H and O–H groups in total. The average Bonchev–Trinajstić information content (AvgIpc) is 2.99. The molecule has 1 aliphatic rings. The van der Waals surface area contributed by atoms with E-state index < -0.39 is 5.91 Å². The van der Waals surface area contributed by atoms with Crippen LogP contribution >= 0.6 is 0 Å². The highest BCUT2D eigenvalue weighted by atomic mass is 16.5. The van der Waals surface area contributed by atoms with Crippen molar-refractivity contribution < 1.29 is 14.3 Å². The van der Waals surface area contributed by atoms with Gasteiger partial charge in [-0.05, 0) is 19.8 Å². The molecule has 1 aliphatic heterocycles. The van der Waals surface area contributed by atoms with Crippen molar-refractivity contribution in [2.45, 2.75) is 38.5 Å². The number of carbonyl (C=O) groups excluding carboxylic acids is 2. The van der Waals surface area contributed by atoms with Gasteiger partial charge in [-0.1, -0.05) is 0 Å². The van der Waals surface area contributed by atoms with Crippen molar-refractivity contribution in [2.75, 3.05) is 11.9 Å². The Morgan fingerprint density at radius 1 is 1.65 bits per heavy atom. The predicted octanol–water partition coefficient (Wildman–Crippen LogP) is 0.0574. The Morgan fingerprint density at radius 3 is 3.10 bits per heavy atom. The Hall–Kier alpha value is -2.09. The first-order chi connectivity index (χ1) is 9.54. The van der Waals surface area contributed by atoms with Crippen LogP contribution in [0.15, 0.2) is 12.4 Å². The van der Waals surface area contributed by atoms with Crippen molar-refractivity contribution >= 4 is 17.6 Å².